The predicted octanol–water partition coefficient (Wildman–Crippen LogP) is 2.88. The fourth-order valence-electron chi connectivity index (χ4n) is 2.85. The second kappa shape index (κ2) is 7.65. The number of hydrogen-bond acceptors (Lipinski definition) is 6. The largest absolute Gasteiger partial charge is 0.495 e. The van der Waals surface area contributed by atoms with Gasteiger partial charge in [-0.15, -0.1) is 0 Å². The lowest BCUT2D eigenvalue weighted by molar-refractivity contribution is -0.385. The number of nitro benzene ring substituents is 1. The first-order chi connectivity index (χ1) is 13.3. The molecule has 0 aliphatic carbocycles. The normalized spacial score (nSPS) is 12.7. The minimum Gasteiger partial charge on any atom is -0.495 e. The Labute approximate surface area is 164 Å². The van der Waals surface area contributed by atoms with Gasteiger partial charge in [-0.1, -0.05) is 17.7 Å². The molecule has 3 amide bonds. The number of fused-ring (bicyclic) bond motifs is 1. The molecule has 28 heavy (non-hydrogen) atoms. The summed E-state index contributed by atoms with van der Waals surface area (Å²) in [6.45, 7) is -0.209. The van der Waals surface area contributed by atoms with E-state index >= 15 is 0 Å². The molecule has 0 saturated heterocycles. The van der Waals surface area contributed by atoms with Gasteiger partial charge in [0.1, 0.15) is 11.3 Å². The number of carbonyl (C=O) groups is 3. The minimum atomic E-state index is -0.785. The van der Waals surface area contributed by atoms with Crippen LogP contribution in [0.5, 0.6) is 5.75 Å². The highest BCUT2D eigenvalue weighted by Crippen LogP contribution is 2.31. The zero-order valence-electron chi connectivity index (χ0n) is 14.6. The number of amides is 3. The average molecular weight is 404 g/mol. The zero-order chi connectivity index (χ0) is 20.4. The lowest BCUT2D eigenvalue weighted by atomic mass is 10.1. The van der Waals surface area contributed by atoms with Gasteiger partial charge in [0.2, 0.25) is 5.91 Å². The molecule has 2 aromatic rings. The van der Waals surface area contributed by atoms with Gasteiger partial charge in [0.15, 0.2) is 0 Å². The number of hydrogen-bond donors (Lipinski definition) is 1. The van der Waals surface area contributed by atoms with E-state index in [0.29, 0.717) is 16.5 Å². The van der Waals surface area contributed by atoms with Crippen LogP contribution < -0.4 is 10.1 Å². The Morgan fingerprint density at radius 1 is 1.25 bits per heavy atom. The van der Waals surface area contributed by atoms with Crippen LogP contribution in [0.3, 0.4) is 0 Å². The maximum Gasteiger partial charge on any atom is 0.282 e. The Morgan fingerprint density at radius 3 is 2.64 bits per heavy atom. The molecule has 0 aromatic heterocycles. The SMILES string of the molecule is COc1ccc(NC(=O)CCN2C(=O)c3cccc([N+](=O)[O-])c3C2=O)cc1Cl. The predicted molar refractivity (Wildman–Crippen MR) is 99.7 cm³/mol. The molecule has 0 atom stereocenters. The van der Waals surface area contributed by atoms with Crippen molar-refractivity contribution in [2.45, 2.75) is 6.42 Å². The van der Waals surface area contributed by atoms with Gasteiger partial charge >= 0.3 is 0 Å². The van der Waals surface area contributed by atoms with Crippen molar-refractivity contribution < 1.29 is 24.0 Å². The molecule has 0 fully saturated rings. The molecule has 0 bridgehead atoms. The third-order valence-electron chi connectivity index (χ3n) is 4.17. The first kappa shape index (κ1) is 19.3. The van der Waals surface area contributed by atoms with E-state index in [-0.39, 0.29) is 24.1 Å². The van der Waals surface area contributed by atoms with Crippen LogP contribution in [0, 0.1) is 10.1 Å². The fraction of sp³-hybridized carbons (Fsp3) is 0.167. The van der Waals surface area contributed by atoms with Crippen LogP contribution in [0.4, 0.5) is 11.4 Å². The maximum absolute atomic E-state index is 12.5. The number of benzene rings is 2. The fourth-order valence-corrected chi connectivity index (χ4v) is 3.11. The molecule has 1 N–H and O–H groups in total. The van der Waals surface area contributed by atoms with E-state index in [4.69, 9.17) is 16.3 Å². The van der Waals surface area contributed by atoms with Crippen LogP contribution in [0.15, 0.2) is 36.4 Å². The van der Waals surface area contributed by atoms with E-state index in [1.807, 2.05) is 0 Å². The summed E-state index contributed by atoms with van der Waals surface area (Å²) in [6, 6.07) is 8.53. The molecule has 0 unspecified atom stereocenters. The summed E-state index contributed by atoms with van der Waals surface area (Å²) >= 11 is 5.99. The zero-order valence-corrected chi connectivity index (χ0v) is 15.4. The molecule has 0 radical (unpaired) electrons. The molecular weight excluding hydrogens is 390 g/mol. The van der Waals surface area contributed by atoms with Gasteiger partial charge in [-0.3, -0.25) is 29.4 Å². The molecule has 3 rings (SSSR count). The highest BCUT2D eigenvalue weighted by Gasteiger charge is 2.40. The number of nitrogens with one attached hydrogen (secondary N) is 1. The van der Waals surface area contributed by atoms with Crippen molar-refractivity contribution in [1.29, 1.82) is 0 Å². The van der Waals surface area contributed by atoms with Gasteiger partial charge in [0.25, 0.3) is 17.5 Å². The second-order valence-electron chi connectivity index (χ2n) is 5.87. The number of nitro groups is 1. The summed E-state index contributed by atoms with van der Waals surface area (Å²) in [6.07, 6.45) is -0.178. The molecule has 1 heterocycles. The van der Waals surface area contributed by atoms with E-state index in [0.717, 1.165) is 11.0 Å². The van der Waals surface area contributed by atoms with Gasteiger partial charge < -0.3 is 10.1 Å². The van der Waals surface area contributed by atoms with Crippen molar-refractivity contribution in [3.63, 3.8) is 0 Å². The summed E-state index contributed by atoms with van der Waals surface area (Å²) < 4.78 is 5.03. The van der Waals surface area contributed by atoms with Crippen LogP contribution in [0.2, 0.25) is 5.02 Å². The lowest BCUT2D eigenvalue weighted by Crippen LogP contribution is -2.33. The number of nitrogens with zero attached hydrogens (tertiary/aromatic N) is 2. The van der Waals surface area contributed by atoms with Gasteiger partial charge in [0.05, 0.1) is 22.6 Å². The number of ether oxygens (including phenoxy) is 1. The molecular formula is C18H14ClN3O6. The Kier molecular flexibility index (Phi) is 5.27. The quantitative estimate of drug-likeness (QED) is 0.450. The highest BCUT2D eigenvalue weighted by molar-refractivity contribution is 6.32. The molecule has 10 heteroatoms. The first-order valence-corrected chi connectivity index (χ1v) is 8.48. The van der Waals surface area contributed by atoms with Crippen molar-refractivity contribution in [3.8, 4) is 5.75 Å². The average Bonchev–Trinajstić information content (AvgIpc) is 2.90. The Morgan fingerprint density at radius 2 is 2.00 bits per heavy atom. The third kappa shape index (κ3) is 3.52. The van der Waals surface area contributed by atoms with Gasteiger partial charge in [-0.05, 0) is 24.3 Å². The molecule has 2 aromatic carbocycles. The van der Waals surface area contributed by atoms with Crippen LogP contribution in [0.1, 0.15) is 27.1 Å². The number of imide groups is 1. The third-order valence-corrected chi connectivity index (χ3v) is 4.47. The Bertz CT molecular complexity index is 1010. The molecule has 0 spiro atoms. The smallest absolute Gasteiger partial charge is 0.282 e. The monoisotopic (exact) mass is 403 g/mol. The Balaban J connectivity index is 1.68. The van der Waals surface area contributed by atoms with Crippen molar-refractivity contribution in [3.05, 3.63) is 62.7 Å². The van der Waals surface area contributed by atoms with Crippen molar-refractivity contribution >= 4 is 40.7 Å². The van der Waals surface area contributed by atoms with E-state index in [2.05, 4.69) is 5.32 Å². The highest BCUT2D eigenvalue weighted by atomic mass is 35.5. The van der Waals surface area contributed by atoms with E-state index in [9.17, 15) is 24.5 Å². The van der Waals surface area contributed by atoms with Crippen LogP contribution in [0.25, 0.3) is 0 Å². The topological polar surface area (TPSA) is 119 Å². The summed E-state index contributed by atoms with van der Waals surface area (Å²) in [7, 11) is 1.46. The molecule has 1 aliphatic heterocycles. The number of carbonyl (C=O) groups excluding carboxylic acids is 3. The maximum atomic E-state index is 12.5. The number of rotatable bonds is 6. The second-order valence-corrected chi connectivity index (χ2v) is 6.27. The number of anilines is 1. The molecule has 9 nitrogen and oxygen atoms in total. The van der Waals surface area contributed by atoms with Crippen LogP contribution in [-0.4, -0.2) is 41.2 Å². The molecule has 0 saturated carbocycles. The van der Waals surface area contributed by atoms with E-state index < -0.39 is 28.3 Å². The van der Waals surface area contributed by atoms with Gasteiger partial charge in [-0.25, -0.2) is 0 Å². The van der Waals surface area contributed by atoms with Crippen molar-refractivity contribution in [1.82, 2.24) is 4.90 Å². The number of methoxy groups -OCH3 is 1. The molecule has 144 valence electrons. The standard InChI is InChI=1S/C18H14ClN3O6/c1-28-14-6-5-10(9-12(14)19)20-15(23)7-8-21-17(24)11-3-2-4-13(22(26)27)16(11)18(21)25/h2-6,9H,7-8H2,1H3,(H,20,23). The van der Waals surface area contributed by atoms with Crippen molar-refractivity contribution in [2.75, 3.05) is 19.0 Å². The van der Waals surface area contributed by atoms with E-state index in [1.165, 1.54) is 25.3 Å². The van der Waals surface area contributed by atoms with Crippen LogP contribution in [-0.2, 0) is 4.79 Å². The van der Waals surface area contributed by atoms with Crippen LogP contribution >= 0.6 is 11.6 Å². The van der Waals surface area contributed by atoms with Crippen molar-refractivity contribution in [2.24, 2.45) is 0 Å². The Hall–Kier alpha value is -3.46. The summed E-state index contributed by atoms with van der Waals surface area (Å²) in [5.41, 5.74) is -0.300. The summed E-state index contributed by atoms with van der Waals surface area (Å²) in [5, 5.41) is 14.0. The summed E-state index contributed by atoms with van der Waals surface area (Å²) in [4.78, 5) is 48.2. The first-order valence-electron chi connectivity index (χ1n) is 8.10. The molecule has 1 aliphatic rings. The lowest BCUT2D eigenvalue weighted by Gasteiger charge is -2.13. The van der Waals surface area contributed by atoms with Gasteiger partial charge in [-0.2, -0.15) is 0 Å². The number of halogens is 1. The van der Waals surface area contributed by atoms with Gasteiger partial charge in [0, 0.05) is 24.7 Å². The summed E-state index contributed by atoms with van der Waals surface area (Å²) in [5.74, 6) is -1.45. The minimum absolute atomic E-state index is 0.0402. The van der Waals surface area contributed by atoms with E-state index in [1.54, 1.807) is 12.1 Å².